The van der Waals surface area contributed by atoms with Crippen LogP contribution in [-0.2, 0) is 9.59 Å². The summed E-state index contributed by atoms with van der Waals surface area (Å²) in [5, 5.41) is 4.90. The molecule has 22 heavy (non-hydrogen) atoms. The first-order valence-corrected chi connectivity index (χ1v) is 7.10. The smallest absolute Gasteiger partial charge is 0.316 e. The van der Waals surface area contributed by atoms with Gasteiger partial charge in [-0.3, -0.25) is 9.59 Å². The number of urea groups is 1. The molecule has 118 valence electrons. The zero-order valence-electron chi connectivity index (χ0n) is 12.3. The summed E-state index contributed by atoms with van der Waals surface area (Å²) in [5.74, 6) is -1.22. The standard InChI is InChI=1S/C15H20N4O3/c1-8(10-7-11(10)9-5-3-2-4-6-9)18-15(22)19-12(13(16)20)14(17)21/h2-6,8,10-12H,7H2,1H3,(H2,16,20)(H2,17,21)(H2,18,19,22). The molecule has 2 rings (SSSR count). The van der Waals surface area contributed by atoms with Gasteiger partial charge in [-0.05, 0) is 30.7 Å². The normalized spacial score (nSPS) is 21.0. The molecule has 1 aromatic carbocycles. The van der Waals surface area contributed by atoms with E-state index in [1.54, 1.807) is 0 Å². The highest BCUT2D eigenvalue weighted by Crippen LogP contribution is 2.49. The lowest BCUT2D eigenvalue weighted by Gasteiger charge is -2.17. The van der Waals surface area contributed by atoms with Crippen molar-refractivity contribution in [1.29, 1.82) is 0 Å². The van der Waals surface area contributed by atoms with Gasteiger partial charge in [-0.2, -0.15) is 0 Å². The van der Waals surface area contributed by atoms with Gasteiger partial charge in [0.15, 0.2) is 6.04 Å². The molecular weight excluding hydrogens is 284 g/mol. The number of amides is 4. The summed E-state index contributed by atoms with van der Waals surface area (Å²) in [4.78, 5) is 33.9. The van der Waals surface area contributed by atoms with Crippen LogP contribution >= 0.6 is 0 Å². The summed E-state index contributed by atoms with van der Waals surface area (Å²) < 4.78 is 0. The molecule has 0 bridgehead atoms. The molecule has 3 atom stereocenters. The number of rotatable bonds is 6. The van der Waals surface area contributed by atoms with Gasteiger partial charge in [0.05, 0.1) is 0 Å². The fourth-order valence-electron chi connectivity index (χ4n) is 2.62. The molecule has 0 saturated heterocycles. The van der Waals surface area contributed by atoms with E-state index in [2.05, 4.69) is 22.8 Å². The number of hydrogen-bond donors (Lipinski definition) is 4. The molecule has 1 aliphatic rings. The van der Waals surface area contributed by atoms with Gasteiger partial charge in [0.2, 0.25) is 11.8 Å². The van der Waals surface area contributed by atoms with E-state index in [0.717, 1.165) is 6.42 Å². The van der Waals surface area contributed by atoms with Crippen LogP contribution in [0, 0.1) is 5.92 Å². The van der Waals surface area contributed by atoms with Gasteiger partial charge in [0.25, 0.3) is 0 Å². The monoisotopic (exact) mass is 304 g/mol. The second-order valence-corrected chi connectivity index (χ2v) is 5.56. The van der Waals surface area contributed by atoms with E-state index in [1.165, 1.54) is 5.56 Å². The molecule has 1 aromatic rings. The van der Waals surface area contributed by atoms with Crippen molar-refractivity contribution in [2.24, 2.45) is 17.4 Å². The van der Waals surface area contributed by atoms with Crippen LogP contribution in [0.15, 0.2) is 30.3 Å². The number of nitrogens with one attached hydrogen (secondary N) is 2. The number of carbonyl (C=O) groups excluding carboxylic acids is 3. The van der Waals surface area contributed by atoms with Crippen molar-refractivity contribution < 1.29 is 14.4 Å². The van der Waals surface area contributed by atoms with Crippen molar-refractivity contribution >= 4 is 17.8 Å². The molecule has 1 fully saturated rings. The highest BCUT2D eigenvalue weighted by molar-refractivity contribution is 6.05. The summed E-state index contributed by atoms with van der Waals surface area (Å²) in [6, 6.07) is 7.84. The molecule has 3 unspecified atom stereocenters. The third-order valence-corrected chi connectivity index (χ3v) is 3.91. The Labute approximate surface area is 128 Å². The van der Waals surface area contributed by atoms with Crippen LogP contribution in [0.1, 0.15) is 24.8 Å². The Morgan fingerprint density at radius 2 is 1.68 bits per heavy atom. The van der Waals surface area contributed by atoms with E-state index in [9.17, 15) is 14.4 Å². The maximum absolute atomic E-state index is 11.8. The molecule has 1 saturated carbocycles. The summed E-state index contributed by atoms with van der Waals surface area (Å²) in [7, 11) is 0. The minimum atomic E-state index is -1.50. The predicted molar refractivity (Wildman–Crippen MR) is 80.6 cm³/mol. The molecule has 0 spiro atoms. The summed E-state index contributed by atoms with van der Waals surface area (Å²) in [5.41, 5.74) is 11.3. The van der Waals surface area contributed by atoms with Crippen molar-refractivity contribution in [2.45, 2.75) is 31.3 Å². The molecule has 7 nitrogen and oxygen atoms in total. The number of primary amides is 2. The van der Waals surface area contributed by atoms with E-state index < -0.39 is 23.9 Å². The molecule has 1 aliphatic carbocycles. The van der Waals surface area contributed by atoms with Gasteiger partial charge < -0.3 is 22.1 Å². The van der Waals surface area contributed by atoms with Crippen LogP contribution in [0.3, 0.4) is 0 Å². The van der Waals surface area contributed by atoms with Gasteiger partial charge >= 0.3 is 6.03 Å². The SMILES string of the molecule is CC(NC(=O)NC(C(N)=O)C(N)=O)C1CC1c1ccccc1. The first kappa shape index (κ1) is 15.8. The summed E-state index contributed by atoms with van der Waals surface area (Å²) in [6.07, 6.45) is 0.987. The minimum absolute atomic E-state index is 0.0911. The lowest BCUT2D eigenvalue weighted by molar-refractivity contribution is -0.128. The highest BCUT2D eigenvalue weighted by atomic mass is 16.2. The molecule has 0 aliphatic heterocycles. The molecule has 6 N–H and O–H groups in total. The highest BCUT2D eigenvalue weighted by Gasteiger charge is 2.42. The second-order valence-electron chi connectivity index (χ2n) is 5.56. The average Bonchev–Trinajstić information content (AvgIpc) is 3.25. The van der Waals surface area contributed by atoms with E-state index in [1.807, 2.05) is 25.1 Å². The summed E-state index contributed by atoms with van der Waals surface area (Å²) >= 11 is 0. The maximum Gasteiger partial charge on any atom is 0.316 e. The molecule has 7 heteroatoms. The molecule has 4 amide bonds. The van der Waals surface area contributed by atoms with Crippen LogP contribution < -0.4 is 22.1 Å². The van der Waals surface area contributed by atoms with Crippen molar-refractivity contribution in [3.8, 4) is 0 Å². The van der Waals surface area contributed by atoms with E-state index in [4.69, 9.17) is 11.5 Å². The van der Waals surface area contributed by atoms with Crippen LogP contribution in [0.2, 0.25) is 0 Å². The van der Waals surface area contributed by atoms with Crippen LogP contribution in [-0.4, -0.2) is 29.9 Å². The Balaban J connectivity index is 1.85. The van der Waals surface area contributed by atoms with Crippen LogP contribution in [0.4, 0.5) is 4.79 Å². The molecular formula is C15H20N4O3. The Morgan fingerprint density at radius 3 is 2.23 bits per heavy atom. The predicted octanol–water partition coefficient (Wildman–Crippen LogP) is -0.183. The summed E-state index contributed by atoms with van der Waals surface area (Å²) in [6.45, 7) is 1.89. The second kappa shape index (κ2) is 6.46. The fourth-order valence-corrected chi connectivity index (χ4v) is 2.62. The van der Waals surface area contributed by atoms with Crippen molar-refractivity contribution in [1.82, 2.24) is 10.6 Å². The van der Waals surface area contributed by atoms with Gasteiger partial charge in [-0.25, -0.2) is 4.79 Å². The zero-order chi connectivity index (χ0) is 16.3. The van der Waals surface area contributed by atoms with E-state index >= 15 is 0 Å². The van der Waals surface area contributed by atoms with Crippen molar-refractivity contribution in [3.05, 3.63) is 35.9 Å². The van der Waals surface area contributed by atoms with Gasteiger partial charge in [0.1, 0.15) is 0 Å². The Morgan fingerprint density at radius 1 is 1.09 bits per heavy atom. The van der Waals surface area contributed by atoms with E-state index in [0.29, 0.717) is 11.8 Å². The molecule has 0 heterocycles. The minimum Gasteiger partial charge on any atom is -0.367 e. The zero-order valence-corrected chi connectivity index (χ0v) is 12.3. The van der Waals surface area contributed by atoms with E-state index in [-0.39, 0.29) is 6.04 Å². The third kappa shape index (κ3) is 3.75. The largest absolute Gasteiger partial charge is 0.367 e. The number of benzene rings is 1. The number of carbonyl (C=O) groups is 3. The van der Waals surface area contributed by atoms with Gasteiger partial charge in [-0.1, -0.05) is 30.3 Å². The van der Waals surface area contributed by atoms with Crippen molar-refractivity contribution in [3.63, 3.8) is 0 Å². The van der Waals surface area contributed by atoms with Crippen LogP contribution in [0.25, 0.3) is 0 Å². The van der Waals surface area contributed by atoms with Gasteiger partial charge in [0, 0.05) is 6.04 Å². The maximum atomic E-state index is 11.8. The Hall–Kier alpha value is -2.57. The number of nitrogens with two attached hydrogens (primary N) is 2. The lowest BCUT2D eigenvalue weighted by atomic mass is 10.1. The van der Waals surface area contributed by atoms with Crippen LogP contribution in [0.5, 0.6) is 0 Å². The van der Waals surface area contributed by atoms with Gasteiger partial charge in [-0.15, -0.1) is 0 Å². The fraction of sp³-hybridized carbons (Fsp3) is 0.400. The third-order valence-electron chi connectivity index (χ3n) is 3.91. The topological polar surface area (TPSA) is 127 Å². The Bertz CT molecular complexity index is 561. The number of hydrogen-bond acceptors (Lipinski definition) is 3. The lowest BCUT2D eigenvalue weighted by Crippen LogP contribution is -2.56. The molecule has 0 radical (unpaired) electrons. The first-order valence-electron chi connectivity index (χ1n) is 7.10. The first-order chi connectivity index (χ1) is 10.4. The average molecular weight is 304 g/mol. The quantitative estimate of drug-likeness (QED) is 0.544. The van der Waals surface area contributed by atoms with Crippen molar-refractivity contribution in [2.75, 3.05) is 0 Å². The Kier molecular flexibility index (Phi) is 4.65. The molecule has 0 aromatic heterocycles.